The molecule has 0 bridgehead atoms. The number of carbonyl (C=O) groups excluding carboxylic acids is 2. The van der Waals surface area contributed by atoms with Crippen molar-refractivity contribution in [3.8, 4) is 11.5 Å². The Labute approximate surface area is 192 Å². The molecule has 3 aromatic carbocycles. The maximum absolute atomic E-state index is 13.0. The van der Waals surface area contributed by atoms with Crippen LogP contribution in [0.25, 0.3) is 10.9 Å². The molecule has 166 valence electrons. The largest absolute Gasteiger partial charge is 0.457 e. The van der Waals surface area contributed by atoms with Gasteiger partial charge in [-0.1, -0.05) is 18.2 Å². The minimum Gasteiger partial charge on any atom is -0.457 e. The highest BCUT2D eigenvalue weighted by molar-refractivity contribution is 5.94. The molecule has 0 radical (unpaired) electrons. The zero-order valence-electron chi connectivity index (χ0n) is 18.2. The number of piperidine rings is 1. The lowest BCUT2D eigenvalue weighted by atomic mass is 9.93. The summed E-state index contributed by atoms with van der Waals surface area (Å²) in [5, 5.41) is 1.23. The number of aromatic nitrogens is 1. The number of nitrogens with zero attached hydrogens (tertiary/aromatic N) is 1. The normalized spacial score (nSPS) is 14.4. The minimum absolute atomic E-state index is 0.0439. The topological polar surface area (TPSA) is 88.4 Å². The number of primary amides is 1. The molecule has 33 heavy (non-hydrogen) atoms. The first-order valence-corrected chi connectivity index (χ1v) is 11.1. The molecule has 5 rings (SSSR count). The van der Waals surface area contributed by atoms with Crippen molar-refractivity contribution in [2.45, 2.75) is 18.8 Å². The summed E-state index contributed by atoms with van der Waals surface area (Å²) in [6.07, 6.45) is 1.89. The summed E-state index contributed by atoms with van der Waals surface area (Å²) >= 11 is 0. The van der Waals surface area contributed by atoms with Crippen molar-refractivity contribution in [1.29, 1.82) is 0 Å². The van der Waals surface area contributed by atoms with Gasteiger partial charge in [0.05, 0.1) is 0 Å². The average Bonchev–Trinajstić information content (AvgIpc) is 3.29. The lowest BCUT2D eigenvalue weighted by Crippen LogP contribution is -2.37. The smallest absolute Gasteiger partial charge is 0.253 e. The molecule has 2 heterocycles. The number of hydrogen-bond acceptors (Lipinski definition) is 3. The van der Waals surface area contributed by atoms with Gasteiger partial charge >= 0.3 is 0 Å². The van der Waals surface area contributed by atoms with Gasteiger partial charge in [0.25, 0.3) is 5.91 Å². The molecule has 0 spiro atoms. The number of nitrogens with one attached hydrogen (secondary N) is 1. The van der Waals surface area contributed by atoms with Crippen LogP contribution in [0.3, 0.4) is 0 Å². The molecule has 3 N–H and O–H groups in total. The van der Waals surface area contributed by atoms with Crippen LogP contribution < -0.4 is 10.5 Å². The molecule has 1 saturated heterocycles. The van der Waals surface area contributed by atoms with E-state index in [1.165, 1.54) is 11.1 Å². The van der Waals surface area contributed by atoms with Crippen LogP contribution in [0.2, 0.25) is 0 Å². The number of ether oxygens (including phenoxy) is 1. The summed E-state index contributed by atoms with van der Waals surface area (Å²) in [5.41, 5.74) is 8.76. The van der Waals surface area contributed by atoms with Crippen LogP contribution in [-0.4, -0.2) is 34.8 Å². The fraction of sp³-hybridized carbons (Fsp3) is 0.185. The van der Waals surface area contributed by atoms with Gasteiger partial charge in [0.2, 0.25) is 5.91 Å². The summed E-state index contributed by atoms with van der Waals surface area (Å²) in [6, 6.07) is 24.3. The number of fused-ring (bicyclic) bond motifs is 1. The van der Waals surface area contributed by atoms with E-state index >= 15 is 0 Å². The van der Waals surface area contributed by atoms with E-state index in [0.717, 1.165) is 31.4 Å². The second-order valence-electron chi connectivity index (χ2n) is 8.39. The van der Waals surface area contributed by atoms with E-state index in [-0.39, 0.29) is 5.91 Å². The van der Waals surface area contributed by atoms with Crippen LogP contribution in [0, 0.1) is 0 Å². The number of para-hydroxylation sites is 1. The molecule has 1 fully saturated rings. The quantitative estimate of drug-likeness (QED) is 0.455. The molecule has 0 saturated carbocycles. The Hall–Kier alpha value is -4.06. The summed E-state index contributed by atoms with van der Waals surface area (Å²) < 4.78 is 5.80. The monoisotopic (exact) mass is 439 g/mol. The number of rotatable bonds is 5. The zero-order chi connectivity index (χ0) is 22.8. The molecule has 0 unspecified atom stereocenters. The van der Waals surface area contributed by atoms with Gasteiger partial charge in [-0.15, -0.1) is 0 Å². The molecular formula is C27H25N3O3. The Morgan fingerprint density at radius 3 is 2.06 bits per heavy atom. The van der Waals surface area contributed by atoms with Crippen LogP contribution in [0.4, 0.5) is 0 Å². The van der Waals surface area contributed by atoms with Gasteiger partial charge in [0, 0.05) is 41.3 Å². The standard InChI is InChI=1S/C27H25N3O3/c28-26(31)19-5-9-22(10-6-19)33-23-11-7-20(8-12-23)27(32)30-15-13-18(14-16-30)25-17-21-3-1-2-4-24(21)29-25/h1-12,17-18,29H,13-16H2,(H2,28,31). The van der Waals surface area contributed by atoms with E-state index in [1.54, 1.807) is 48.5 Å². The highest BCUT2D eigenvalue weighted by Gasteiger charge is 2.25. The molecule has 0 aliphatic carbocycles. The predicted octanol–water partition coefficient (Wildman–Crippen LogP) is 5.08. The molecule has 1 aliphatic rings. The fourth-order valence-corrected chi connectivity index (χ4v) is 4.38. The minimum atomic E-state index is -0.477. The highest BCUT2D eigenvalue weighted by Crippen LogP contribution is 2.31. The Morgan fingerprint density at radius 2 is 1.45 bits per heavy atom. The van der Waals surface area contributed by atoms with E-state index in [1.807, 2.05) is 11.0 Å². The second-order valence-corrected chi connectivity index (χ2v) is 8.39. The van der Waals surface area contributed by atoms with Crippen molar-refractivity contribution >= 4 is 22.7 Å². The molecular weight excluding hydrogens is 414 g/mol. The molecule has 1 aliphatic heterocycles. The van der Waals surface area contributed by atoms with Crippen LogP contribution in [0.5, 0.6) is 11.5 Å². The summed E-state index contributed by atoms with van der Waals surface area (Å²) in [6.45, 7) is 1.48. The Balaban J connectivity index is 1.19. The fourth-order valence-electron chi connectivity index (χ4n) is 4.38. The van der Waals surface area contributed by atoms with Crippen LogP contribution >= 0.6 is 0 Å². The average molecular weight is 440 g/mol. The number of amides is 2. The summed E-state index contributed by atoms with van der Waals surface area (Å²) in [7, 11) is 0. The molecule has 4 aromatic rings. The number of carbonyl (C=O) groups is 2. The van der Waals surface area contributed by atoms with Gasteiger partial charge in [0.1, 0.15) is 11.5 Å². The Morgan fingerprint density at radius 1 is 0.848 bits per heavy atom. The second kappa shape index (κ2) is 8.82. The third-order valence-electron chi connectivity index (χ3n) is 6.25. The van der Waals surface area contributed by atoms with Gasteiger partial charge in [-0.25, -0.2) is 0 Å². The summed E-state index contributed by atoms with van der Waals surface area (Å²) in [4.78, 5) is 29.6. The zero-order valence-corrected chi connectivity index (χ0v) is 18.2. The van der Waals surface area contributed by atoms with E-state index < -0.39 is 5.91 Å². The van der Waals surface area contributed by atoms with Crippen molar-refractivity contribution in [1.82, 2.24) is 9.88 Å². The number of likely N-dealkylation sites (tertiary alicyclic amines) is 1. The lowest BCUT2D eigenvalue weighted by Gasteiger charge is -2.31. The Kier molecular flexibility index (Phi) is 5.57. The predicted molar refractivity (Wildman–Crippen MR) is 128 cm³/mol. The number of hydrogen-bond donors (Lipinski definition) is 2. The van der Waals surface area contributed by atoms with Crippen molar-refractivity contribution < 1.29 is 14.3 Å². The van der Waals surface area contributed by atoms with Crippen molar-refractivity contribution in [2.75, 3.05) is 13.1 Å². The van der Waals surface area contributed by atoms with Crippen LogP contribution in [0.15, 0.2) is 78.9 Å². The summed E-state index contributed by atoms with van der Waals surface area (Å²) in [5.74, 6) is 1.23. The molecule has 2 amide bonds. The van der Waals surface area contributed by atoms with Gasteiger partial charge in [-0.05, 0) is 78.9 Å². The van der Waals surface area contributed by atoms with Crippen molar-refractivity contribution in [3.05, 3.63) is 95.7 Å². The van der Waals surface area contributed by atoms with E-state index in [9.17, 15) is 9.59 Å². The molecule has 6 heteroatoms. The van der Waals surface area contributed by atoms with Crippen molar-refractivity contribution in [3.63, 3.8) is 0 Å². The van der Waals surface area contributed by atoms with Gasteiger partial charge in [-0.2, -0.15) is 0 Å². The molecule has 0 atom stereocenters. The highest BCUT2D eigenvalue weighted by atomic mass is 16.5. The molecule has 6 nitrogen and oxygen atoms in total. The number of H-pyrrole nitrogens is 1. The maximum atomic E-state index is 13.0. The maximum Gasteiger partial charge on any atom is 0.253 e. The van der Waals surface area contributed by atoms with E-state index in [0.29, 0.717) is 28.5 Å². The third-order valence-corrected chi connectivity index (χ3v) is 6.25. The van der Waals surface area contributed by atoms with Crippen molar-refractivity contribution in [2.24, 2.45) is 5.73 Å². The van der Waals surface area contributed by atoms with Crippen LogP contribution in [0.1, 0.15) is 45.2 Å². The van der Waals surface area contributed by atoms with E-state index in [2.05, 4.69) is 29.2 Å². The Bertz CT molecular complexity index is 1250. The first-order chi connectivity index (χ1) is 16.1. The van der Waals surface area contributed by atoms with Gasteiger partial charge in [-0.3, -0.25) is 9.59 Å². The number of benzene rings is 3. The third kappa shape index (κ3) is 4.46. The van der Waals surface area contributed by atoms with Gasteiger partial charge < -0.3 is 20.4 Å². The first kappa shape index (κ1) is 20.8. The van der Waals surface area contributed by atoms with E-state index in [4.69, 9.17) is 10.5 Å². The van der Waals surface area contributed by atoms with Crippen LogP contribution in [-0.2, 0) is 0 Å². The molecule has 1 aromatic heterocycles. The SMILES string of the molecule is NC(=O)c1ccc(Oc2ccc(C(=O)N3CCC(c4cc5ccccc5[nH]4)CC3)cc2)cc1. The number of nitrogens with two attached hydrogens (primary N) is 1. The van der Waals surface area contributed by atoms with Gasteiger partial charge in [0.15, 0.2) is 0 Å². The lowest BCUT2D eigenvalue weighted by molar-refractivity contribution is 0.0712. The number of aromatic amines is 1. The first-order valence-electron chi connectivity index (χ1n) is 11.1.